The average Bonchev–Trinajstić information content (AvgIpc) is 2.87. The summed E-state index contributed by atoms with van der Waals surface area (Å²) in [5.74, 6) is 1.53. The number of thioether (sulfide) groups is 1. The fourth-order valence-electron chi connectivity index (χ4n) is 2.09. The summed E-state index contributed by atoms with van der Waals surface area (Å²) >= 11 is 1.37. The molecule has 6 heteroatoms. The van der Waals surface area contributed by atoms with E-state index in [9.17, 15) is 4.79 Å². The molecular weight excluding hydrogens is 308 g/mol. The highest BCUT2D eigenvalue weighted by Gasteiger charge is 2.11. The number of nitrogens with zero attached hydrogens (tertiary/aromatic N) is 3. The third-order valence-corrected chi connectivity index (χ3v) is 4.37. The van der Waals surface area contributed by atoms with Crippen molar-refractivity contribution in [3.8, 4) is 0 Å². The first-order valence-corrected chi connectivity index (χ1v) is 8.53. The summed E-state index contributed by atoms with van der Waals surface area (Å²) < 4.78 is 1.93. The predicted molar refractivity (Wildman–Crippen MR) is 94.8 cm³/mol. The molecule has 0 bridgehead atoms. The molecular formula is C17H22N4OS. The number of nitrogens with one attached hydrogen (secondary N) is 1. The molecule has 1 aromatic carbocycles. The Balaban J connectivity index is 1.91. The van der Waals surface area contributed by atoms with E-state index in [0.717, 1.165) is 16.7 Å². The number of aromatic nitrogens is 3. The Morgan fingerprint density at radius 1 is 1.35 bits per heavy atom. The molecule has 0 spiro atoms. The maximum absolute atomic E-state index is 12.1. The molecule has 1 N–H and O–H groups in total. The Morgan fingerprint density at radius 3 is 2.65 bits per heavy atom. The summed E-state index contributed by atoms with van der Waals surface area (Å²) in [6, 6.07) is 7.94. The van der Waals surface area contributed by atoms with Crippen LogP contribution in [0.1, 0.15) is 31.2 Å². The molecule has 2 aromatic rings. The van der Waals surface area contributed by atoms with Gasteiger partial charge in [-0.25, -0.2) is 0 Å². The molecule has 0 aliphatic heterocycles. The zero-order chi connectivity index (χ0) is 16.8. The van der Waals surface area contributed by atoms with Crippen LogP contribution in [0.25, 0.3) is 0 Å². The van der Waals surface area contributed by atoms with Gasteiger partial charge in [-0.3, -0.25) is 4.79 Å². The van der Waals surface area contributed by atoms with Crippen LogP contribution in [-0.4, -0.2) is 26.4 Å². The van der Waals surface area contributed by atoms with E-state index in [2.05, 4.69) is 35.9 Å². The molecule has 122 valence electrons. The van der Waals surface area contributed by atoms with E-state index >= 15 is 0 Å². The summed E-state index contributed by atoms with van der Waals surface area (Å²) in [6.07, 6.45) is 1.79. The summed E-state index contributed by atoms with van der Waals surface area (Å²) in [5, 5.41) is 11.8. The van der Waals surface area contributed by atoms with Gasteiger partial charge in [-0.1, -0.05) is 43.8 Å². The molecule has 1 heterocycles. The van der Waals surface area contributed by atoms with Crippen molar-refractivity contribution in [2.75, 3.05) is 11.1 Å². The average molecular weight is 330 g/mol. The van der Waals surface area contributed by atoms with Crippen molar-refractivity contribution in [3.05, 3.63) is 48.3 Å². The van der Waals surface area contributed by atoms with Gasteiger partial charge < -0.3 is 9.88 Å². The zero-order valence-electron chi connectivity index (χ0n) is 13.7. The normalized spacial score (nSPS) is 10.8. The molecule has 1 aromatic heterocycles. The summed E-state index contributed by atoms with van der Waals surface area (Å²) in [4.78, 5) is 12.1. The van der Waals surface area contributed by atoms with E-state index in [-0.39, 0.29) is 5.91 Å². The number of rotatable bonds is 7. The van der Waals surface area contributed by atoms with Crippen LogP contribution in [0.5, 0.6) is 0 Å². The van der Waals surface area contributed by atoms with Gasteiger partial charge in [0.25, 0.3) is 0 Å². The minimum absolute atomic E-state index is 0.0573. The molecule has 5 nitrogen and oxygen atoms in total. The quantitative estimate of drug-likeness (QED) is 0.622. The van der Waals surface area contributed by atoms with Crippen molar-refractivity contribution in [3.63, 3.8) is 0 Å². The van der Waals surface area contributed by atoms with Gasteiger partial charge in [0.2, 0.25) is 5.91 Å². The SMILES string of the molecule is C=CCn1c(C)nnc1SCC(=O)Nc1ccc(C(C)C)cc1. The molecule has 2 rings (SSSR count). The van der Waals surface area contributed by atoms with Crippen LogP contribution in [0.4, 0.5) is 5.69 Å². The predicted octanol–water partition coefficient (Wildman–Crippen LogP) is 3.63. The fraction of sp³-hybridized carbons (Fsp3) is 0.353. The van der Waals surface area contributed by atoms with Crippen LogP contribution in [0, 0.1) is 6.92 Å². The van der Waals surface area contributed by atoms with Gasteiger partial charge in [0, 0.05) is 12.2 Å². The number of benzene rings is 1. The Morgan fingerprint density at radius 2 is 2.04 bits per heavy atom. The van der Waals surface area contributed by atoms with Crippen LogP contribution in [0.2, 0.25) is 0 Å². The van der Waals surface area contributed by atoms with E-state index in [0.29, 0.717) is 18.2 Å². The Kier molecular flexibility index (Phi) is 5.98. The smallest absolute Gasteiger partial charge is 0.234 e. The molecule has 0 saturated carbocycles. The summed E-state index contributed by atoms with van der Waals surface area (Å²) in [6.45, 7) is 10.5. The van der Waals surface area contributed by atoms with Crippen LogP contribution in [-0.2, 0) is 11.3 Å². The van der Waals surface area contributed by atoms with Crippen molar-refractivity contribution in [2.24, 2.45) is 0 Å². The van der Waals surface area contributed by atoms with E-state index in [1.807, 2.05) is 35.8 Å². The number of aryl methyl sites for hydroxylation is 1. The highest BCUT2D eigenvalue weighted by atomic mass is 32.2. The lowest BCUT2D eigenvalue weighted by atomic mass is 10.0. The second-order valence-corrected chi connectivity index (χ2v) is 6.49. The van der Waals surface area contributed by atoms with Gasteiger partial charge in [-0.15, -0.1) is 16.8 Å². The van der Waals surface area contributed by atoms with Crippen molar-refractivity contribution >= 4 is 23.4 Å². The van der Waals surface area contributed by atoms with Gasteiger partial charge >= 0.3 is 0 Å². The number of amides is 1. The minimum Gasteiger partial charge on any atom is -0.325 e. The van der Waals surface area contributed by atoms with E-state index in [1.54, 1.807) is 6.08 Å². The Labute approximate surface area is 141 Å². The second kappa shape index (κ2) is 7.97. The molecule has 0 fully saturated rings. The van der Waals surface area contributed by atoms with Gasteiger partial charge in [-0.05, 0) is 30.5 Å². The lowest BCUT2D eigenvalue weighted by Crippen LogP contribution is -2.14. The third-order valence-electron chi connectivity index (χ3n) is 3.41. The number of allylic oxidation sites excluding steroid dienone is 1. The Hall–Kier alpha value is -2.08. The first kappa shape index (κ1) is 17.3. The fourth-order valence-corrected chi connectivity index (χ4v) is 2.88. The van der Waals surface area contributed by atoms with Crippen LogP contribution in [0.15, 0.2) is 42.1 Å². The third kappa shape index (κ3) is 4.69. The van der Waals surface area contributed by atoms with E-state index in [1.165, 1.54) is 17.3 Å². The zero-order valence-corrected chi connectivity index (χ0v) is 14.6. The molecule has 0 aliphatic carbocycles. The first-order valence-electron chi connectivity index (χ1n) is 7.54. The highest BCUT2D eigenvalue weighted by Crippen LogP contribution is 2.19. The number of hydrogen-bond donors (Lipinski definition) is 1. The van der Waals surface area contributed by atoms with Crippen LogP contribution < -0.4 is 5.32 Å². The largest absolute Gasteiger partial charge is 0.325 e. The van der Waals surface area contributed by atoms with Crippen molar-refractivity contribution in [1.82, 2.24) is 14.8 Å². The highest BCUT2D eigenvalue weighted by molar-refractivity contribution is 7.99. The minimum atomic E-state index is -0.0573. The van der Waals surface area contributed by atoms with Gasteiger partial charge in [-0.2, -0.15) is 0 Å². The molecule has 0 unspecified atom stereocenters. The molecule has 0 saturated heterocycles. The molecule has 0 radical (unpaired) electrons. The van der Waals surface area contributed by atoms with Crippen LogP contribution in [0.3, 0.4) is 0 Å². The maximum atomic E-state index is 12.1. The van der Waals surface area contributed by atoms with Gasteiger partial charge in [0.15, 0.2) is 5.16 Å². The number of anilines is 1. The topological polar surface area (TPSA) is 59.8 Å². The molecule has 1 amide bonds. The lowest BCUT2D eigenvalue weighted by Gasteiger charge is -2.08. The van der Waals surface area contributed by atoms with Crippen LogP contribution >= 0.6 is 11.8 Å². The summed E-state index contributed by atoms with van der Waals surface area (Å²) in [7, 11) is 0. The number of carbonyl (C=O) groups is 1. The molecule has 0 aliphatic rings. The van der Waals surface area contributed by atoms with E-state index in [4.69, 9.17) is 0 Å². The van der Waals surface area contributed by atoms with Gasteiger partial charge in [0.1, 0.15) is 5.82 Å². The summed E-state index contributed by atoms with van der Waals surface area (Å²) in [5.41, 5.74) is 2.06. The monoisotopic (exact) mass is 330 g/mol. The standard InChI is InChI=1S/C17H22N4OS/c1-5-10-21-13(4)19-20-17(21)23-11-16(22)18-15-8-6-14(7-9-15)12(2)3/h5-9,12H,1,10-11H2,2-4H3,(H,18,22). The number of carbonyl (C=O) groups excluding carboxylic acids is 1. The maximum Gasteiger partial charge on any atom is 0.234 e. The van der Waals surface area contributed by atoms with Gasteiger partial charge in [0.05, 0.1) is 5.75 Å². The number of hydrogen-bond acceptors (Lipinski definition) is 4. The second-order valence-electron chi connectivity index (χ2n) is 5.54. The van der Waals surface area contributed by atoms with Crippen molar-refractivity contribution in [2.45, 2.75) is 38.4 Å². The molecule has 0 atom stereocenters. The first-order chi connectivity index (χ1) is 11.0. The lowest BCUT2D eigenvalue weighted by molar-refractivity contribution is -0.113. The Bertz CT molecular complexity index is 676. The van der Waals surface area contributed by atoms with Crippen molar-refractivity contribution < 1.29 is 4.79 Å². The molecule has 23 heavy (non-hydrogen) atoms. The van der Waals surface area contributed by atoms with E-state index < -0.39 is 0 Å². The van der Waals surface area contributed by atoms with Crippen molar-refractivity contribution in [1.29, 1.82) is 0 Å².